The van der Waals surface area contributed by atoms with E-state index >= 15 is 0 Å². The largest absolute Gasteiger partial charge is 0.497 e. The average molecular weight is 340 g/mol. The van der Waals surface area contributed by atoms with Gasteiger partial charge in [0, 0.05) is 24.3 Å². The number of hydrogen-bond donors (Lipinski definition) is 1. The summed E-state index contributed by atoms with van der Waals surface area (Å²) in [6.45, 7) is 0.368. The van der Waals surface area contributed by atoms with Gasteiger partial charge in [-0.05, 0) is 48.5 Å². The molecule has 1 N–H and O–H groups in total. The predicted octanol–water partition coefficient (Wildman–Crippen LogP) is 2.70. The fraction of sp³-hybridized carbons (Fsp3) is 0.263. The highest BCUT2D eigenvalue weighted by Gasteiger charge is 2.35. The molecule has 2 amide bonds. The molecule has 1 saturated heterocycles. The predicted molar refractivity (Wildman–Crippen MR) is 95.1 cm³/mol. The molecular formula is C19H20N2O4. The Morgan fingerprint density at radius 1 is 1.00 bits per heavy atom. The third-order valence-corrected chi connectivity index (χ3v) is 4.24. The maximum absolute atomic E-state index is 12.5. The van der Waals surface area contributed by atoms with Crippen molar-refractivity contribution in [1.29, 1.82) is 0 Å². The van der Waals surface area contributed by atoms with Gasteiger partial charge in [-0.1, -0.05) is 0 Å². The molecule has 1 aliphatic rings. The second kappa shape index (κ2) is 7.25. The van der Waals surface area contributed by atoms with Gasteiger partial charge in [-0.25, -0.2) is 0 Å². The molecule has 3 rings (SSSR count). The SMILES string of the molecule is COc1ccc(NC(=O)C2CC(=O)N(c3ccc(OC)cc3)C2)cc1. The molecule has 2 aromatic rings. The summed E-state index contributed by atoms with van der Waals surface area (Å²) in [7, 11) is 3.18. The highest BCUT2D eigenvalue weighted by Crippen LogP contribution is 2.27. The molecule has 1 atom stereocenters. The molecule has 6 nitrogen and oxygen atoms in total. The number of benzene rings is 2. The summed E-state index contributed by atoms with van der Waals surface area (Å²) in [6.07, 6.45) is 0.202. The van der Waals surface area contributed by atoms with Crippen LogP contribution in [0, 0.1) is 5.92 Å². The third kappa shape index (κ3) is 3.74. The minimum atomic E-state index is -0.378. The van der Waals surface area contributed by atoms with Crippen LogP contribution < -0.4 is 19.7 Å². The Hall–Kier alpha value is -3.02. The zero-order valence-electron chi connectivity index (χ0n) is 14.2. The van der Waals surface area contributed by atoms with E-state index in [0.29, 0.717) is 12.2 Å². The lowest BCUT2D eigenvalue weighted by Gasteiger charge is -2.17. The van der Waals surface area contributed by atoms with Crippen LogP contribution in [-0.4, -0.2) is 32.6 Å². The quantitative estimate of drug-likeness (QED) is 0.909. The summed E-state index contributed by atoms with van der Waals surface area (Å²) in [4.78, 5) is 26.4. The Balaban J connectivity index is 1.65. The number of amides is 2. The molecule has 0 radical (unpaired) electrons. The first-order chi connectivity index (χ1) is 12.1. The fourth-order valence-corrected chi connectivity index (χ4v) is 2.81. The van der Waals surface area contributed by atoms with Gasteiger partial charge in [-0.3, -0.25) is 9.59 Å². The zero-order chi connectivity index (χ0) is 17.8. The van der Waals surface area contributed by atoms with Crippen molar-refractivity contribution in [3.8, 4) is 11.5 Å². The highest BCUT2D eigenvalue weighted by atomic mass is 16.5. The summed E-state index contributed by atoms with van der Waals surface area (Å²) >= 11 is 0. The first-order valence-electron chi connectivity index (χ1n) is 8.00. The Morgan fingerprint density at radius 2 is 1.56 bits per heavy atom. The zero-order valence-corrected chi connectivity index (χ0v) is 14.2. The number of hydrogen-bond acceptors (Lipinski definition) is 4. The van der Waals surface area contributed by atoms with Gasteiger partial charge in [-0.2, -0.15) is 0 Å². The minimum Gasteiger partial charge on any atom is -0.497 e. The van der Waals surface area contributed by atoms with Gasteiger partial charge in [0.25, 0.3) is 0 Å². The lowest BCUT2D eigenvalue weighted by Crippen LogP contribution is -2.28. The van der Waals surface area contributed by atoms with E-state index in [9.17, 15) is 9.59 Å². The van der Waals surface area contributed by atoms with Crippen molar-refractivity contribution in [3.05, 3.63) is 48.5 Å². The molecule has 130 valence electrons. The molecular weight excluding hydrogens is 320 g/mol. The Labute approximate surface area is 146 Å². The van der Waals surface area contributed by atoms with Crippen molar-refractivity contribution < 1.29 is 19.1 Å². The van der Waals surface area contributed by atoms with Crippen LogP contribution in [0.5, 0.6) is 11.5 Å². The number of ether oxygens (including phenoxy) is 2. The number of carbonyl (C=O) groups excluding carboxylic acids is 2. The maximum atomic E-state index is 12.5. The standard InChI is InChI=1S/C19H20N2O4/c1-24-16-7-3-14(4-8-16)20-19(23)13-11-18(22)21(12-13)15-5-9-17(25-2)10-6-15/h3-10,13H,11-12H2,1-2H3,(H,20,23). The van der Waals surface area contributed by atoms with E-state index in [1.807, 2.05) is 12.1 Å². The number of nitrogens with one attached hydrogen (secondary N) is 1. The Morgan fingerprint density at radius 3 is 2.12 bits per heavy atom. The van der Waals surface area contributed by atoms with E-state index in [4.69, 9.17) is 9.47 Å². The van der Waals surface area contributed by atoms with E-state index in [1.54, 1.807) is 55.5 Å². The van der Waals surface area contributed by atoms with E-state index < -0.39 is 0 Å². The van der Waals surface area contributed by atoms with Crippen molar-refractivity contribution in [2.75, 3.05) is 31.0 Å². The number of anilines is 2. The van der Waals surface area contributed by atoms with Crippen LogP contribution in [0.15, 0.2) is 48.5 Å². The van der Waals surface area contributed by atoms with Crippen LogP contribution in [0.25, 0.3) is 0 Å². The van der Waals surface area contributed by atoms with Crippen LogP contribution in [0.2, 0.25) is 0 Å². The summed E-state index contributed by atoms with van der Waals surface area (Å²) in [5.41, 5.74) is 1.45. The average Bonchev–Trinajstić information content (AvgIpc) is 3.04. The molecule has 1 heterocycles. The van der Waals surface area contributed by atoms with Crippen LogP contribution in [0.1, 0.15) is 6.42 Å². The first kappa shape index (κ1) is 16.8. The summed E-state index contributed by atoms with van der Waals surface area (Å²) < 4.78 is 10.2. The lowest BCUT2D eigenvalue weighted by atomic mass is 10.1. The van der Waals surface area contributed by atoms with Crippen molar-refractivity contribution in [2.24, 2.45) is 5.92 Å². The van der Waals surface area contributed by atoms with Gasteiger partial charge >= 0.3 is 0 Å². The molecule has 6 heteroatoms. The van der Waals surface area contributed by atoms with Gasteiger partial charge in [0.15, 0.2) is 0 Å². The molecule has 2 aromatic carbocycles. The van der Waals surface area contributed by atoms with Crippen molar-refractivity contribution >= 4 is 23.2 Å². The third-order valence-electron chi connectivity index (χ3n) is 4.24. The van der Waals surface area contributed by atoms with Crippen LogP contribution in [0.3, 0.4) is 0 Å². The summed E-state index contributed by atoms with van der Waals surface area (Å²) in [5.74, 6) is 0.857. The summed E-state index contributed by atoms with van der Waals surface area (Å²) in [5, 5.41) is 2.85. The van der Waals surface area contributed by atoms with Crippen LogP contribution in [-0.2, 0) is 9.59 Å². The molecule has 25 heavy (non-hydrogen) atoms. The normalized spacial score (nSPS) is 16.6. The Kier molecular flexibility index (Phi) is 4.88. The molecule has 0 spiro atoms. The number of nitrogens with zero attached hydrogens (tertiary/aromatic N) is 1. The summed E-state index contributed by atoms with van der Waals surface area (Å²) in [6, 6.07) is 14.3. The minimum absolute atomic E-state index is 0.0555. The monoisotopic (exact) mass is 340 g/mol. The topological polar surface area (TPSA) is 67.9 Å². The van der Waals surface area contributed by atoms with Crippen LogP contribution >= 0.6 is 0 Å². The number of methoxy groups -OCH3 is 2. The van der Waals surface area contributed by atoms with Crippen molar-refractivity contribution in [2.45, 2.75) is 6.42 Å². The van der Waals surface area contributed by atoms with E-state index in [-0.39, 0.29) is 24.2 Å². The molecule has 1 fully saturated rings. The molecule has 0 bridgehead atoms. The van der Waals surface area contributed by atoms with Crippen molar-refractivity contribution in [1.82, 2.24) is 0 Å². The lowest BCUT2D eigenvalue weighted by molar-refractivity contribution is -0.122. The second-order valence-corrected chi connectivity index (χ2v) is 5.82. The Bertz CT molecular complexity index is 756. The van der Waals surface area contributed by atoms with E-state index in [0.717, 1.165) is 17.2 Å². The molecule has 0 aromatic heterocycles. The van der Waals surface area contributed by atoms with Gasteiger partial charge in [0.2, 0.25) is 11.8 Å². The molecule has 1 aliphatic heterocycles. The maximum Gasteiger partial charge on any atom is 0.229 e. The van der Waals surface area contributed by atoms with Gasteiger partial charge < -0.3 is 19.7 Å². The van der Waals surface area contributed by atoms with Crippen LogP contribution in [0.4, 0.5) is 11.4 Å². The van der Waals surface area contributed by atoms with Gasteiger partial charge in [0.1, 0.15) is 11.5 Å². The molecule has 0 saturated carbocycles. The number of carbonyl (C=O) groups is 2. The molecule has 0 aliphatic carbocycles. The second-order valence-electron chi connectivity index (χ2n) is 5.82. The highest BCUT2D eigenvalue weighted by molar-refractivity contribution is 6.03. The van der Waals surface area contributed by atoms with Gasteiger partial charge in [-0.15, -0.1) is 0 Å². The van der Waals surface area contributed by atoms with Gasteiger partial charge in [0.05, 0.1) is 20.1 Å². The van der Waals surface area contributed by atoms with E-state index in [1.165, 1.54) is 0 Å². The van der Waals surface area contributed by atoms with E-state index in [2.05, 4.69) is 5.32 Å². The molecule has 1 unspecified atom stereocenters. The fourth-order valence-electron chi connectivity index (χ4n) is 2.81. The van der Waals surface area contributed by atoms with Crippen molar-refractivity contribution in [3.63, 3.8) is 0 Å². The first-order valence-corrected chi connectivity index (χ1v) is 8.00. The number of rotatable bonds is 5. The smallest absolute Gasteiger partial charge is 0.229 e.